The SMILES string of the molecule is CCOc1ccc(N(C)C(=O)[C@H](CCc2ccccc2)NC(=O)[C@@H](N)CC(=O)N(CCN)CCNCCN)cc1.[Cl-].[Cl-].[Cl-].[Cl-]. The number of hydrogen-bond donors (Lipinski definition) is 5. The molecule has 0 saturated carbocycles. The van der Waals surface area contributed by atoms with Crippen molar-refractivity contribution in [3.8, 4) is 5.75 Å². The topological polar surface area (TPSA) is 169 Å². The van der Waals surface area contributed by atoms with E-state index in [4.69, 9.17) is 21.9 Å². The van der Waals surface area contributed by atoms with Crippen LogP contribution < -0.4 is 87.1 Å². The first-order valence-corrected chi connectivity index (χ1v) is 13.8. The highest BCUT2D eigenvalue weighted by Crippen LogP contribution is 2.20. The molecule has 0 bridgehead atoms. The van der Waals surface area contributed by atoms with Gasteiger partial charge in [0.05, 0.1) is 19.1 Å². The van der Waals surface area contributed by atoms with Crippen LogP contribution in [0.25, 0.3) is 0 Å². The number of likely N-dealkylation sites (N-methyl/N-ethyl adjacent to an activating group) is 1. The summed E-state index contributed by atoms with van der Waals surface area (Å²) in [5.74, 6) is -0.423. The van der Waals surface area contributed by atoms with Gasteiger partial charge in [-0.2, -0.15) is 0 Å². The van der Waals surface area contributed by atoms with E-state index in [1.807, 2.05) is 37.3 Å². The summed E-state index contributed by atoms with van der Waals surface area (Å²) < 4.78 is 5.49. The summed E-state index contributed by atoms with van der Waals surface area (Å²) in [5.41, 5.74) is 19.0. The fourth-order valence-electron chi connectivity index (χ4n) is 4.15. The maximum atomic E-state index is 13.6. The molecule has 0 radical (unpaired) electrons. The Bertz CT molecular complexity index is 1060. The van der Waals surface area contributed by atoms with Crippen LogP contribution in [0.3, 0.4) is 0 Å². The lowest BCUT2D eigenvalue weighted by molar-refractivity contribution is -0.135. The molecule has 0 heterocycles. The van der Waals surface area contributed by atoms with E-state index in [0.29, 0.717) is 63.6 Å². The Hall–Kier alpha value is -2.35. The van der Waals surface area contributed by atoms with Crippen molar-refractivity contribution < 1.29 is 68.7 Å². The van der Waals surface area contributed by atoms with Gasteiger partial charge < -0.3 is 92.0 Å². The van der Waals surface area contributed by atoms with E-state index in [2.05, 4.69) is 10.6 Å². The molecule has 0 unspecified atom stereocenters. The molecule has 2 aromatic rings. The molecule has 252 valence electrons. The third-order valence-electron chi connectivity index (χ3n) is 6.41. The van der Waals surface area contributed by atoms with Gasteiger partial charge in [0.15, 0.2) is 0 Å². The van der Waals surface area contributed by atoms with Crippen molar-refractivity contribution in [2.75, 3.05) is 57.8 Å². The Labute approximate surface area is 286 Å². The molecule has 0 fully saturated rings. The summed E-state index contributed by atoms with van der Waals surface area (Å²) >= 11 is 0. The molecule has 15 heteroatoms. The van der Waals surface area contributed by atoms with Crippen LogP contribution >= 0.6 is 0 Å². The number of aryl methyl sites for hydroxylation is 1. The number of benzene rings is 2. The molecule has 0 aliphatic rings. The summed E-state index contributed by atoms with van der Waals surface area (Å²) in [4.78, 5) is 42.6. The van der Waals surface area contributed by atoms with Gasteiger partial charge in [-0.1, -0.05) is 30.3 Å². The second kappa shape index (κ2) is 25.9. The highest BCUT2D eigenvalue weighted by atomic mass is 35.5. The second-order valence-electron chi connectivity index (χ2n) is 9.43. The van der Waals surface area contributed by atoms with Gasteiger partial charge in [-0.15, -0.1) is 0 Å². The number of carbonyl (C=O) groups is 3. The van der Waals surface area contributed by atoms with Crippen LogP contribution in [0.15, 0.2) is 54.6 Å². The number of anilines is 1. The lowest BCUT2D eigenvalue weighted by Crippen LogP contribution is -3.00. The highest BCUT2D eigenvalue weighted by Gasteiger charge is 2.28. The number of nitrogens with one attached hydrogen (secondary N) is 2. The number of carbonyl (C=O) groups excluding carboxylic acids is 3. The zero-order valence-electron chi connectivity index (χ0n) is 25.2. The predicted octanol–water partition coefficient (Wildman–Crippen LogP) is -11.8. The van der Waals surface area contributed by atoms with Gasteiger partial charge >= 0.3 is 0 Å². The monoisotopic (exact) mass is 695 g/mol. The van der Waals surface area contributed by atoms with Crippen LogP contribution in [0.1, 0.15) is 25.3 Å². The molecule has 3 amide bonds. The van der Waals surface area contributed by atoms with Gasteiger partial charge in [-0.3, -0.25) is 14.4 Å². The van der Waals surface area contributed by atoms with Gasteiger partial charge in [0.25, 0.3) is 0 Å². The van der Waals surface area contributed by atoms with Crippen molar-refractivity contribution in [1.82, 2.24) is 15.5 Å². The van der Waals surface area contributed by atoms with Crippen molar-refractivity contribution in [2.45, 2.75) is 38.3 Å². The fraction of sp³-hybridized carbons (Fsp3) is 0.483. The number of rotatable bonds is 18. The second-order valence-corrected chi connectivity index (χ2v) is 9.43. The third kappa shape index (κ3) is 16.1. The van der Waals surface area contributed by atoms with Crippen LogP contribution in [0, 0.1) is 0 Å². The Morgan fingerprint density at radius 1 is 0.886 bits per heavy atom. The van der Waals surface area contributed by atoms with E-state index >= 15 is 0 Å². The molecule has 0 saturated heterocycles. The number of amides is 3. The van der Waals surface area contributed by atoms with Gasteiger partial charge in [-0.05, 0) is 49.6 Å². The Morgan fingerprint density at radius 2 is 1.52 bits per heavy atom. The Balaban J connectivity index is -0.00000420. The maximum absolute atomic E-state index is 13.6. The van der Waals surface area contributed by atoms with Crippen LogP contribution in [0.5, 0.6) is 5.75 Å². The minimum Gasteiger partial charge on any atom is -1.00 e. The molecule has 8 N–H and O–H groups in total. The predicted molar refractivity (Wildman–Crippen MR) is 158 cm³/mol. The molecule has 0 aliphatic heterocycles. The molecule has 2 rings (SSSR count). The number of halogens is 4. The Morgan fingerprint density at radius 3 is 2.09 bits per heavy atom. The summed E-state index contributed by atoms with van der Waals surface area (Å²) in [6, 6.07) is 14.9. The zero-order valence-corrected chi connectivity index (χ0v) is 28.2. The van der Waals surface area contributed by atoms with Crippen LogP contribution in [0.4, 0.5) is 5.69 Å². The average molecular weight is 698 g/mol. The molecule has 2 atom stereocenters. The fourth-order valence-corrected chi connectivity index (χ4v) is 4.15. The smallest absolute Gasteiger partial charge is 0.249 e. The van der Waals surface area contributed by atoms with Crippen LogP contribution in [-0.2, 0) is 20.8 Å². The van der Waals surface area contributed by atoms with Gasteiger partial charge in [-0.25, -0.2) is 0 Å². The largest absolute Gasteiger partial charge is 1.00 e. The summed E-state index contributed by atoms with van der Waals surface area (Å²) in [6.07, 6.45) is 0.739. The molecule has 44 heavy (non-hydrogen) atoms. The van der Waals surface area contributed by atoms with E-state index in [1.165, 1.54) is 4.90 Å². The van der Waals surface area contributed by atoms with Crippen molar-refractivity contribution in [3.63, 3.8) is 0 Å². The zero-order chi connectivity index (χ0) is 29.3. The van der Waals surface area contributed by atoms with Crippen LogP contribution in [-0.4, -0.2) is 87.6 Å². The Kier molecular flexibility index (Phi) is 27.1. The summed E-state index contributed by atoms with van der Waals surface area (Å²) in [5, 5.41) is 5.94. The molecule has 2 aromatic carbocycles. The lowest BCUT2D eigenvalue weighted by Gasteiger charge is -2.27. The molecule has 0 aliphatic carbocycles. The van der Waals surface area contributed by atoms with E-state index in [1.54, 1.807) is 36.2 Å². The van der Waals surface area contributed by atoms with E-state index in [9.17, 15) is 14.4 Å². The average Bonchev–Trinajstić information content (AvgIpc) is 2.97. The number of nitrogens with zero attached hydrogens (tertiary/aromatic N) is 2. The quantitative estimate of drug-likeness (QED) is 0.0958. The molecule has 11 nitrogen and oxygen atoms in total. The van der Waals surface area contributed by atoms with Crippen molar-refractivity contribution in [1.29, 1.82) is 0 Å². The van der Waals surface area contributed by atoms with E-state index < -0.39 is 18.0 Å². The van der Waals surface area contributed by atoms with E-state index in [0.717, 1.165) is 5.56 Å². The lowest BCUT2D eigenvalue weighted by atomic mass is 10.0. The van der Waals surface area contributed by atoms with E-state index in [-0.39, 0.29) is 74.4 Å². The molecular formula is C29H45Cl4N7O4-4. The first-order valence-electron chi connectivity index (χ1n) is 13.8. The van der Waals surface area contributed by atoms with Crippen molar-refractivity contribution >= 4 is 23.4 Å². The minimum absolute atomic E-state index is 0. The summed E-state index contributed by atoms with van der Waals surface area (Å²) in [7, 11) is 1.66. The summed E-state index contributed by atoms with van der Waals surface area (Å²) in [6.45, 7) is 5.19. The van der Waals surface area contributed by atoms with Crippen molar-refractivity contribution in [3.05, 3.63) is 60.2 Å². The number of hydrogen-bond acceptors (Lipinski definition) is 8. The number of ether oxygens (including phenoxy) is 1. The minimum atomic E-state index is -1.12. The van der Waals surface area contributed by atoms with Crippen LogP contribution in [0.2, 0.25) is 0 Å². The third-order valence-corrected chi connectivity index (χ3v) is 6.41. The van der Waals surface area contributed by atoms with Gasteiger partial charge in [0.1, 0.15) is 11.8 Å². The molecule has 0 aromatic heterocycles. The normalized spacial score (nSPS) is 11.2. The van der Waals surface area contributed by atoms with Crippen molar-refractivity contribution in [2.24, 2.45) is 17.2 Å². The first-order chi connectivity index (χ1) is 19.3. The van der Waals surface area contributed by atoms with Gasteiger partial charge in [0, 0.05) is 52.0 Å². The molecular weight excluding hydrogens is 652 g/mol. The molecule has 0 spiro atoms. The standard InChI is InChI=1S/C29H45N7O4.4ClH/c1-3-40-24-12-10-23(11-13-24)35(2)29(39)26(14-9-22-7-5-4-6-8-22)34-28(38)25(32)21-27(37)36(19-16-31)20-18-33-17-15-30;;;;/h4-8,10-13,25-26,33H,3,9,14-21,30-32H2,1-2H3,(H,34,38);4*1H/p-4/t25-,26-;;;;/m0..../s1. The number of nitrogens with two attached hydrogens (primary N) is 3. The van der Waals surface area contributed by atoms with Gasteiger partial charge in [0.2, 0.25) is 17.7 Å². The first kappa shape index (κ1) is 46.1. The maximum Gasteiger partial charge on any atom is 0.249 e. The highest BCUT2D eigenvalue weighted by molar-refractivity contribution is 5.99.